The first-order chi connectivity index (χ1) is 13.5. The van der Waals surface area contributed by atoms with Crippen LogP contribution in [0.5, 0.6) is 0 Å². The van der Waals surface area contributed by atoms with Crippen LogP contribution in [0.25, 0.3) is 22.6 Å². The quantitative estimate of drug-likeness (QED) is 0.311. The molecular formula is C21H19Cl2NO3S. The molecule has 2 aromatic carbocycles. The fourth-order valence-corrected chi connectivity index (χ4v) is 3.71. The Balaban J connectivity index is 2.02. The second-order valence-corrected chi connectivity index (χ2v) is 7.71. The van der Waals surface area contributed by atoms with Crippen LogP contribution in [-0.2, 0) is 16.0 Å². The number of carbonyl (C=O) groups is 1. The number of benzene rings is 2. The van der Waals surface area contributed by atoms with Gasteiger partial charge < -0.3 is 9.15 Å². The van der Waals surface area contributed by atoms with Gasteiger partial charge >= 0.3 is 5.97 Å². The standard InChI is InChI=1S/C21H19Cl2NO3S/c1-26-19(25)9-5-8-18-24-20(14-6-3-4-7-17(14)28-2)21(27-18)13-10-11-15(22)16(23)12-13/h3-4,6-7,10-12H,5,8-9H2,1-2H3. The number of ether oxygens (including phenoxy) is 1. The summed E-state index contributed by atoms with van der Waals surface area (Å²) in [5.74, 6) is 0.952. The lowest BCUT2D eigenvalue weighted by Gasteiger charge is -2.07. The normalized spacial score (nSPS) is 10.9. The van der Waals surface area contributed by atoms with Crippen LogP contribution in [0.2, 0.25) is 10.0 Å². The van der Waals surface area contributed by atoms with Gasteiger partial charge in [-0.1, -0.05) is 41.4 Å². The molecule has 0 saturated carbocycles. The van der Waals surface area contributed by atoms with Crippen LogP contribution in [0.4, 0.5) is 0 Å². The van der Waals surface area contributed by atoms with Crippen molar-refractivity contribution in [2.75, 3.05) is 13.4 Å². The van der Waals surface area contributed by atoms with E-state index in [1.807, 2.05) is 36.6 Å². The van der Waals surface area contributed by atoms with Crippen molar-refractivity contribution in [3.05, 3.63) is 58.4 Å². The van der Waals surface area contributed by atoms with Crippen molar-refractivity contribution in [2.45, 2.75) is 24.2 Å². The molecule has 0 N–H and O–H groups in total. The second kappa shape index (κ2) is 9.50. The van der Waals surface area contributed by atoms with Crippen molar-refractivity contribution in [3.63, 3.8) is 0 Å². The number of hydrogen-bond donors (Lipinski definition) is 0. The molecule has 0 atom stereocenters. The highest BCUT2D eigenvalue weighted by Crippen LogP contribution is 2.39. The number of hydrogen-bond acceptors (Lipinski definition) is 5. The number of methoxy groups -OCH3 is 1. The summed E-state index contributed by atoms with van der Waals surface area (Å²) in [6, 6.07) is 13.4. The van der Waals surface area contributed by atoms with Gasteiger partial charge in [0, 0.05) is 28.9 Å². The molecule has 146 valence electrons. The Morgan fingerprint density at radius 3 is 2.68 bits per heavy atom. The summed E-state index contributed by atoms with van der Waals surface area (Å²) in [4.78, 5) is 17.2. The van der Waals surface area contributed by atoms with Gasteiger partial charge in [0.05, 0.1) is 17.2 Å². The summed E-state index contributed by atoms with van der Waals surface area (Å²) in [5, 5.41) is 0.932. The maximum Gasteiger partial charge on any atom is 0.305 e. The van der Waals surface area contributed by atoms with Crippen molar-refractivity contribution < 1.29 is 13.9 Å². The topological polar surface area (TPSA) is 52.3 Å². The highest BCUT2D eigenvalue weighted by Gasteiger charge is 2.20. The van der Waals surface area contributed by atoms with Gasteiger partial charge in [-0.15, -0.1) is 11.8 Å². The summed E-state index contributed by atoms with van der Waals surface area (Å²) < 4.78 is 10.8. The molecule has 0 radical (unpaired) electrons. The maximum absolute atomic E-state index is 11.4. The van der Waals surface area contributed by atoms with Gasteiger partial charge in [0.1, 0.15) is 5.69 Å². The zero-order chi connectivity index (χ0) is 20.1. The molecule has 0 aliphatic carbocycles. The average Bonchev–Trinajstić information content (AvgIpc) is 3.13. The van der Waals surface area contributed by atoms with Crippen LogP contribution in [0.1, 0.15) is 18.7 Å². The largest absolute Gasteiger partial charge is 0.469 e. The van der Waals surface area contributed by atoms with E-state index in [0.29, 0.717) is 41.0 Å². The molecule has 1 heterocycles. The molecule has 0 saturated heterocycles. The number of aromatic nitrogens is 1. The van der Waals surface area contributed by atoms with Gasteiger partial charge in [-0.05, 0) is 36.9 Å². The van der Waals surface area contributed by atoms with Gasteiger partial charge in [-0.2, -0.15) is 0 Å². The van der Waals surface area contributed by atoms with Gasteiger partial charge in [0.25, 0.3) is 0 Å². The number of aryl methyl sites for hydroxylation is 1. The predicted octanol–water partition coefficient (Wildman–Crippen LogP) is 6.53. The summed E-state index contributed by atoms with van der Waals surface area (Å²) in [5.41, 5.74) is 2.53. The Bertz CT molecular complexity index is 988. The number of thioether (sulfide) groups is 1. The zero-order valence-electron chi connectivity index (χ0n) is 15.5. The van der Waals surface area contributed by atoms with E-state index in [4.69, 9.17) is 37.3 Å². The minimum Gasteiger partial charge on any atom is -0.469 e. The van der Waals surface area contributed by atoms with E-state index in [2.05, 4.69) is 0 Å². The third-order valence-corrected chi connectivity index (χ3v) is 5.75. The Labute approximate surface area is 178 Å². The molecule has 3 rings (SSSR count). The van der Waals surface area contributed by atoms with Crippen molar-refractivity contribution in [2.24, 2.45) is 0 Å². The van der Waals surface area contributed by atoms with E-state index < -0.39 is 0 Å². The third kappa shape index (κ3) is 4.72. The molecule has 0 bridgehead atoms. The molecule has 0 spiro atoms. The molecule has 4 nitrogen and oxygen atoms in total. The summed E-state index contributed by atoms with van der Waals surface area (Å²) in [6.45, 7) is 0. The van der Waals surface area contributed by atoms with Gasteiger partial charge in [0.2, 0.25) is 0 Å². The molecular weight excluding hydrogens is 417 g/mol. The lowest BCUT2D eigenvalue weighted by atomic mass is 10.1. The number of carbonyl (C=O) groups excluding carboxylic acids is 1. The van der Waals surface area contributed by atoms with Crippen LogP contribution in [0.3, 0.4) is 0 Å². The van der Waals surface area contributed by atoms with Crippen LogP contribution >= 0.6 is 35.0 Å². The van der Waals surface area contributed by atoms with Gasteiger partial charge in [-0.25, -0.2) is 4.98 Å². The van der Waals surface area contributed by atoms with Crippen molar-refractivity contribution in [3.8, 4) is 22.6 Å². The molecule has 0 aliphatic heterocycles. The number of esters is 1. The smallest absolute Gasteiger partial charge is 0.305 e. The summed E-state index contributed by atoms with van der Waals surface area (Å²) >= 11 is 13.9. The Morgan fingerprint density at radius 2 is 1.96 bits per heavy atom. The van der Waals surface area contributed by atoms with E-state index in [0.717, 1.165) is 21.7 Å². The monoisotopic (exact) mass is 435 g/mol. The lowest BCUT2D eigenvalue weighted by molar-refractivity contribution is -0.140. The number of oxazole rings is 1. The molecule has 0 amide bonds. The van der Waals surface area contributed by atoms with E-state index in [1.54, 1.807) is 23.9 Å². The Morgan fingerprint density at radius 1 is 1.18 bits per heavy atom. The zero-order valence-corrected chi connectivity index (χ0v) is 17.8. The number of nitrogens with zero attached hydrogens (tertiary/aromatic N) is 1. The average molecular weight is 436 g/mol. The fraction of sp³-hybridized carbons (Fsp3) is 0.238. The van der Waals surface area contributed by atoms with E-state index in [9.17, 15) is 4.79 Å². The Hall–Kier alpha value is -1.95. The Kier molecular flexibility index (Phi) is 7.05. The SMILES string of the molecule is COC(=O)CCCc1nc(-c2ccccc2SC)c(-c2ccc(Cl)c(Cl)c2)o1. The van der Waals surface area contributed by atoms with Crippen LogP contribution in [0, 0.1) is 0 Å². The van der Waals surface area contributed by atoms with Gasteiger partial charge in [0.15, 0.2) is 11.7 Å². The van der Waals surface area contributed by atoms with E-state index in [-0.39, 0.29) is 5.97 Å². The minimum absolute atomic E-state index is 0.246. The van der Waals surface area contributed by atoms with Crippen LogP contribution in [0.15, 0.2) is 51.8 Å². The van der Waals surface area contributed by atoms with E-state index in [1.165, 1.54) is 7.11 Å². The first-order valence-electron chi connectivity index (χ1n) is 8.68. The lowest BCUT2D eigenvalue weighted by Crippen LogP contribution is -2.00. The number of halogens is 2. The summed E-state index contributed by atoms with van der Waals surface area (Å²) in [7, 11) is 1.38. The molecule has 0 fully saturated rings. The predicted molar refractivity (Wildman–Crippen MR) is 114 cm³/mol. The van der Waals surface area contributed by atoms with Crippen LogP contribution < -0.4 is 0 Å². The summed E-state index contributed by atoms with van der Waals surface area (Å²) in [6.07, 6.45) is 3.47. The first-order valence-corrected chi connectivity index (χ1v) is 10.7. The van der Waals surface area contributed by atoms with Gasteiger partial charge in [-0.3, -0.25) is 4.79 Å². The highest BCUT2D eigenvalue weighted by atomic mass is 35.5. The molecule has 0 aliphatic rings. The molecule has 1 aromatic heterocycles. The first kappa shape index (κ1) is 20.8. The molecule has 0 unspecified atom stereocenters. The van der Waals surface area contributed by atoms with Crippen molar-refractivity contribution in [1.29, 1.82) is 0 Å². The van der Waals surface area contributed by atoms with E-state index >= 15 is 0 Å². The third-order valence-electron chi connectivity index (χ3n) is 4.21. The minimum atomic E-state index is -0.246. The van der Waals surface area contributed by atoms with Crippen molar-refractivity contribution in [1.82, 2.24) is 4.98 Å². The fourth-order valence-electron chi connectivity index (χ4n) is 2.81. The molecule has 3 aromatic rings. The number of rotatable bonds is 7. The van der Waals surface area contributed by atoms with Crippen molar-refractivity contribution >= 4 is 40.9 Å². The maximum atomic E-state index is 11.4. The van der Waals surface area contributed by atoms with Crippen LogP contribution in [-0.4, -0.2) is 24.3 Å². The molecule has 7 heteroatoms. The second-order valence-electron chi connectivity index (χ2n) is 6.04. The molecule has 28 heavy (non-hydrogen) atoms. The highest BCUT2D eigenvalue weighted by molar-refractivity contribution is 7.98.